The summed E-state index contributed by atoms with van der Waals surface area (Å²) in [5.74, 6) is 0.722. The summed E-state index contributed by atoms with van der Waals surface area (Å²) in [5, 5.41) is 0. The van der Waals surface area contributed by atoms with Crippen molar-refractivity contribution in [2.45, 2.75) is 44.4 Å². The second-order valence-electron chi connectivity index (χ2n) is 6.92. The Bertz CT molecular complexity index is 725. The molecule has 1 aliphatic rings. The minimum atomic E-state index is -3.54. The lowest BCUT2D eigenvalue weighted by Gasteiger charge is -2.32. The summed E-state index contributed by atoms with van der Waals surface area (Å²) < 4.78 is 32.4. The minimum Gasteiger partial charge on any atom is -0.496 e. The fraction of sp³-hybridized carbons (Fsp3) is 0.632. The molecule has 1 fully saturated rings. The Morgan fingerprint density at radius 1 is 1.31 bits per heavy atom. The van der Waals surface area contributed by atoms with Crippen LogP contribution in [0.3, 0.4) is 0 Å². The molecule has 1 amide bonds. The van der Waals surface area contributed by atoms with Gasteiger partial charge < -0.3 is 9.64 Å². The molecule has 0 aliphatic carbocycles. The lowest BCUT2D eigenvalue weighted by molar-refractivity contribution is -0.135. The molecule has 26 heavy (non-hydrogen) atoms. The van der Waals surface area contributed by atoms with E-state index in [1.54, 1.807) is 30.2 Å². The molecule has 6 nitrogen and oxygen atoms in total. The highest BCUT2D eigenvalue weighted by Crippen LogP contribution is 2.27. The fourth-order valence-corrected chi connectivity index (χ4v) is 4.88. The van der Waals surface area contributed by atoms with Crippen LogP contribution < -0.4 is 4.74 Å². The number of unbranched alkanes of at least 4 members (excludes halogenated alkanes) is 1. The maximum Gasteiger partial charge on any atom is 0.243 e. The Morgan fingerprint density at radius 2 is 1.96 bits per heavy atom. The van der Waals surface area contributed by atoms with Crippen LogP contribution in [0.5, 0.6) is 5.75 Å². The molecule has 0 atom stereocenters. The van der Waals surface area contributed by atoms with Gasteiger partial charge in [0.2, 0.25) is 15.9 Å². The van der Waals surface area contributed by atoms with E-state index in [0.717, 1.165) is 24.9 Å². The summed E-state index contributed by atoms with van der Waals surface area (Å²) in [6.45, 7) is 5.45. The number of hydrogen-bond donors (Lipinski definition) is 0. The van der Waals surface area contributed by atoms with E-state index in [1.165, 1.54) is 4.31 Å². The number of amides is 1. The molecule has 0 spiro atoms. The molecule has 0 bridgehead atoms. The van der Waals surface area contributed by atoms with Crippen molar-refractivity contribution in [2.75, 3.05) is 33.8 Å². The Labute approximate surface area is 157 Å². The number of rotatable bonds is 7. The maximum absolute atomic E-state index is 12.9. The predicted molar refractivity (Wildman–Crippen MR) is 102 cm³/mol. The van der Waals surface area contributed by atoms with Gasteiger partial charge in [-0.05, 0) is 49.9 Å². The lowest BCUT2D eigenvalue weighted by Crippen LogP contribution is -2.43. The van der Waals surface area contributed by atoms with E-state index in [4.69, 9.17) is 4.74 Å². The Balaban J connectivity index is 2.02. The van der Waals surface area contributed by atoms with Crippen molar-refractivity contribution in [3.05, 3.63) is 23.8 Å². The quantitative estimate of drug-likeness (QED) is 0.727. The van der Waals surface area contributed by atoms with Gasteiger partial charge in [-0.3, -0.25) is 4.79 Å². The molecule has 1 aromatic carbocycles. The second-order valence-corrected chi connectivity index (χ2v) is 8.86. The summed E-state index contributed by atoms with van der Waals surface area (Å²) in [5.41, 5.74) is 0.788. The van der Waals surface area contributed by atoms with Gasteiger partial charge in [-0.25, -0.2) is 8.42 Å². The van der Waals surface area contributed by atoms with Crippen LogP contribution in [-0.4, -0.2) is 57.3 Å². The van der Waals surface area contributed by atoms with Crippen molar-refractivity contribution >= 4 is 15.9 Å². The number of benzene rings is 1. The van der Waals surface area contributed by atoms with Gasteiger partial charge in [-0.2, -0.15) is 4.31 Å². The van der Waals surface area contributed by atoms with E-state index < -0.39 is 10.0 Å². The smallest absolute Gasteiger partial charge is 0.243 e. The van der Waals surface area contributed by atoms with Crippen LogP contribution in [-0.2, 0) is 14.8 Å². The zero-order valence-electron chi connectivity index (χ0n) is 16.2. The highest BCUT2D eigenvalue weighted by Gasteiger charge is 2.33. The number of ether oxygens (including phenoxy) is 1. The highest BCUT2D eigenvalue weighted by atomic mass is 32.2. The van der Waals surface area contributed by atoms with E-state index >= 15 is 0 Å². The van der Waals surface area contributed by atoms with E-state index in [0.29, 0.717) is 31.7 Å². The van der Waals surface area contributed by atoms with Crippen LogP contribution in [0.2, 0.25) is 0 Å². The van der Waals surface area contributed by atoms with Gasteiger partial charge in [-0.1, -0.05) is 13.3 Å². The first kappa shape index (κ1) is 20.7. The number of aryl methyl sites for hydroxylation is 1. The van der Waals surface area contributed by atoms with Crippen molar-refractivity contribution in [1.29, 1.82) is 0 Å². The molecule has 0 radical (unpaired) electrons. The van der Waals surface area contributed by atoms with Crippen molar-refractivity contribution in [2.24, 2.45) is 5.92 Å². The molecule has 2 rings (SSSR count). The Hall–Kier alpha value is -1.60. The van der Waals surface area contributed by atoms with Gasteiger partial charge in [0.15, 0.2) is 0 Å². The topological polar surface area (TPSA) is 66.9 Å². The van der Waals surface area contributed by atoms with Gasteiger partial charge in [-0.15, -0.1) is 0 Å². The van der Waals surface area contributed by atoms with Gasteiger partial charge in [0.25, 0.3) is 0 Å². The van der Waals surface area contributed by atoms with Crippen molar-refractivity contribution in [1.82, 2.24) is 9.21 Å². The molecule has 0 unspecified atom stereocenters. The van der Waals surface area contributed by atoms with Crippen LogP contribution in [0.25, 0.3) is 0 Å². The molecule has 1 aromatic rings. The third-order valence-electron chi connectivity index (χ3n) is 5.03. The van der Waals surface area contributed by atoms with Crippen LogP contribution in [0.1, 0.15) is 38.2 Å². The van der Waals surface area contributed by atoms with E-state index in [9.17, 15) is 13.2 Å². The second kappa shape index (κ2) is 8.86. The molecule has 1 aliphatic heterocycles. The van der Waals surface area contributed by atoms with Gasteiger partial charge >= 0.3 is 0 Å². The van der Waals surface area contributed by atoms with Gasteiger partial charge in [0.1, 0.15) is 5.75 Å². The summed E-state index contributed by atoms with van der Waals surface area (Å²) in [6.07, 6.45) is 3.19. The maximum atomic E-state index is 12.9. The number of carbonyl (C=O) groups excluding carboxylic acids is 1. The molecule has 146 valence electrons. The van der Waals surface area contributed by atoms with Crippen molar-refractivity contribution in [3.8, 4) is 5.75 Å². The number of piperidine rings is 1. The molecule has 1 saturated heterocycles. The molecule has 1 heterocycles. The number of sulfonamides is 1. The molecule has 7 heteroatoms. The third kappa shape index (κ3) is 4.57. The zero-order valence-corrected chi connectivity index (χ0v) is 17.0. The molecular formula is C19H30N2O4S. The van der Waals surface area contributed by atoms with Crippen LogP contribution in [0.4, 0.5) is 0 Å². The normalized spacial score (nSPS) is 16.5. The average Bonchev–Trinajstić information content (AvgIpc) is 2.65. The first-order valence-corrected chi connectivity index (χ1v) is 10.6. The van der Waals surface area contributed by atoms with Crippen LogP contribution >= 0.6 is 0 Å². The number of hydrogen-bond acceptors (Lipinski definition) is 4. The molecular weight excluding hydrogens is 352 g/mol. The monoisotopic (exact) mass is 382 g/mol. The van der Waals surface area contributed by atoms with Crippen LogP contribution in [0, 0.1) is 12.8 Å². The molecule has 0 aromatic heterocycles. The predicted octanol–water partition coefficient (Wildman–Crippen LogP) is 2.66. The largest absolute Gasteiger partial charge is 0.496 e. The number of methoxy groups -OCH3 is 1. The summed E-state index contributed by atoms with van der Waals surface area (Å²) in [6, 6.07) is 4.90. The number of nitrogens with zero attached hydrogens (tertiary/aromatic N) is 2. The number of carbonyl (C=O) groups is 1. The fourth-order valence-electron chi connectivity index (χ4n) is 3.32. The Morgan fingerprint density at radius 3 is 2.50 bits per heavy atom. The van der Waals surface area contributed by atoms with Crippen LogP contribution in [0.15, 0.2) is 23.1 Å². The van der Waals surface area contributed by atoms with Crippen molar-refractivity contribution in [3.63, 3.8) is 0 Å². The van der Waals surface area contributed by atoms with Gasteiger partial charge in [0, 0.05) is 32.6 Å². The summed E-state index contributed by atoms with van der Waals surface area (Å²) in [4.78, 5) is 14.6. The first-order chi connectivity index (χ1) is 12.3. The third-order valence-corrected chi connectivity index (χ3v) is 6.93. The standard InChI is InChI=1S/C19H30N2O4S/c1-5-6-11-20(3)19(22)16-9-12-21(13-10-16)26(23,24)17-7-8-18(25-4)15(2)14-17/h7-8,14,16H,5-6,9-13H2,1-4H3. The van der Waals surface area contributed by atoms with E-state index in [-0.39, 0.29) is 16.7 Å². The summed E-state index contributed by atoms with van der Waals surface area (Å²) >= 11 is 0. The zero-order chi connectivity index (χ0) is 19.3. The Kier molecular flexibility index (Phi) is 7.06. The van der Waals surface area contributed by atoms with Gasteiger partial charge in [0.05, 0.1) is 12.0 Å². The van der Waals surface area contributed by atoms with E-state index in [2.05, 4.69) is 6.92 Å². The first-order valence-electron chi connectivity index (χ1n) is 9.21. The lowest BCUT2D eigenvalue weighted by atomic mass is 9.96. The van der Waals surface area contributed by atoms with Crippen molar-refractivity contribution < 1.29 is 17.9 Å². The minimum absolute atomic E-state index is 0.0825. The molecule has 0 saturated carbocycles. The molecule has 0 N–H and O–H groups in total. The SMILES string of the molecule is CCCCN(C)C(=O)C1CCN(S(=O)(=O)c2ccc(OC)c(C)c2)CC1. The average molecular weight is 383 g/mol. The summed E-state index contributed by atoms with van der Waals surface area (Å²) in [7, 11) is -0.140. The van der Waals surface area contributed by atoms with E-state index in [1.807, 2.05) is 14.0 Å². The highest BCUT2D eigenvalue weighted by molar-refractivity contribution is 7.89.